The summed E-state index contributed by atoms with van der Waals surface area (Å²) in [6.45, 7) is 2.12. The van der Waals surface area contributed by atoms with Gasteiger partial charge in [-0.1, -0.05) is 67.6 Å². The molecule has 0 saturated heterocycles. The molecule has 0 bridgehead atoms. The molecule has 0 atom stereocenters. The lowest BCUT2D eigenvalue weighted by molar-refractivity contribution is 0.941. The van der Waals surface area contributed by atoms with E-state index in [0.717, 1.165) is 0 Å². The van der Waals surface area contributed by atoms with Crippen molar-refractivity contribution in [1.29, 1.82) is 0 Å². The van der Waals surface area contributed by atoms with E-state index in [1.807, 2.05) is 0 Å². The first-order valence-electron chi connectivity index (χ1n) is 5.31. The maximum absolute atomic E-state index is 2.24. The highest BCUT2D eigenvalue weighted by Crippen LogP contribution is 2.26. The van der Waals surface area contributed by atoms with Gasteiger partial charge >= 0.3 is 0 Å². The molecule has 2 aromatic rings. The minimum absolute atomic E-state index is 0.410. The Labute approximate surface area is 91.6 Å². The average molecular weight is 195 g/mol. The lowest BCUT2D eigenvalue weighted by Crippen LogP contribution is -1.99. The largest absolute Gasteiger partial charge is 0.0622 e. The standard InChI is InChI=1S/C15H15/c1-2-15(13-9-5-3-6-10-13)14-11-7-4-8-12-14/h2-12,15H,1H3. The van der Waals surface area contributed by atoms with Crippen LogP contribution in [0.5, 0.6) is 0 Å². The molecule has 0 aliphatic carbocycles. The molecule has 0 unspecified atom stereocenters. The van der Waals surface area contributed by atoms with E-state index in [1.165, 1.54) is 11.1 Å². The molecular weight excluding hydrogens is 180 g/mol. The summed E-state index contributed by atoms with van der Waals surface area (Å²) in [7, 11) is 0. The fraction of sp³-hybridized carbons (Fsp3) is 0.133. The number of benzene rings is 2. The molecule has 15 heavy (non-hydrogen) atoms. The molecule has 0 amide bonds. The first-order valence-corrected chi connectivity index (χ1v) is 5.31. The number of hydrogen-bond acceptors (Lipinski definition) is 0. The van der Waals surface area contributed by atoms with Crippen LogP contribution in [0.2, 0.25) is 0 Å². The summed E-state index contributed by atoms with van der Waals surface area (Å²) >= 11 is 0. The third kappa shape index (κ3) is 2.27. The van der Waals surface area contributed by atoms with E-state index in [0.29, 0.717) is 5.92 Å². The molecule has 0 N–H and O–H groups in total. The van der Waals surface area contributed by atoms with E-state index in [9.17, 15) is 0 Å². The fourth-order valence-electron chi connectivity index (χ4n) is 1.90. The van der Waals surface area contributed by atoms with Gasteiger partial charge in [0.15, 0.2) is 0 Å². The van der Waals surface area contributed by atoms with Gasteiger partial charge in [0.25, 0.3) is 0 Å². The molecule has 0 heterocycles. The van der Waals surface area contributed by atoms with Crippen LogP contribution < -0.4 is 0 Å². The van der Waals surface area contributed by atoms with Crippen LogP contribution in [-0.4, -0.2) is 0 Å². The van der Waals surface area contributed by atoms with Gasteiger partial charge in [-0.15, -0.1) is 0 Å². The molecule has 0 spiro atoms. The van der Waals surface area contributed by atoms with Crippen LogP contribution in [0.1, 0.15) is 24.0 Å². The van der Waals surface area contributed by atoms with Crippen LogP contribution >= 0.6 is 0 Å². The summed E-state index contributed by atoms with van der Waals surface area (Å²) in [4.78, 5) is 0. The summed E-state index contributed by atoms with van der Waals surface area (Å²) in [5.41, 5.74) is 2.71. The Hall–Kier alpha value is -1.56. The molecule has 0 saturated carbocycles. The maximum atomic E-state index is 2.24. The van der Waals surface area contributed by atoms with Crippen molar-refractivity contribution >= 4 is 0 Å². The number of rotatable bonds is 3. The van der Waals surface area contributed by atoms with Crippen LogP contribution in [-0.2, 0) is 0 Å². The summed E-state index contributed by atoms with van der Waals surface area (Å²) in [6.07, 6.45) is 2.24. The Morgan fingerprint density at radius 1 is 0.733 bits per heavy atom. The first kappa shape index (κ1) is 9.97. The molecule has 2 rings (SSSR count). The van der Waals surface area contributed by atoms with E-state index in [-0.39, 0.29) is 0 Å². The summed E-state index contributed by atoms with van der Waals surface area (Å²) in [6, 6.07) is 21.2. The zero-order chi connectivity index (χ0) is 10.5. The normalized spacial score (nSPS) is 10.5. The lowest BCUT2D eigenvalue weighted by atomic mass is 9.89. The predicted molar refractivity (Wildman–Crippen MR) is 64.7 cm³/mol. The van der Waals surface area contributed by atoms with Gasteiger partial charge < -0.3 is 0 Å². The molecule has 0 aromatic heterocycles. The Bertz CT molecular complexity index is 349. The molecule has 0 nitrogen and oxygen atoms in total. The molecule has 0 heteroatoms. The van der Waals surface area contributed by atoms with Crippen molar-refractivity contribution in [1.82, 2.24) is 0 Å². The van der Waals surface area contributed by atoms with Crippen LogP contribution in [0.4, 0.5) is 0 Å². The zero-order valence-electron chi connectivity index (χ0n) is 8.93. The van der Waals surface area contributed by atoms with Crippen molar-refractivity contribution in [3.05, 3.63) is 78.2 Å². The molecule has 0 aliphatic heterocycles. The SMILES string of the molecule is C[CH]C(c1ccccc1)c1ccccc1. The zero-order valence-corrected chi connectivity index (χ0v) is 8.93. The molecule has 75 valence electrons. The van der Waals surface area contributed by atoms with Gasteiger partial charge in [-0.3, -0.25) is 0 Å². The van der Waals surface area contributed by atoms with Gasteiger partial charge in [0.1, 0.15) is 0 Å². The molecule has 0 fully saturated rings. The topological polar surface area (TPSA) is 0 Å². The van der Waals surface area contributed by atoms with Crippen molar-refractivity contribution in [2.75, 3.05) is 0 Å². The van der Waals surface area contributed by atoms with Gasteiger partial charge in [-0.2, -0.15) is 0 Å². The Kier molecular flexibility index (Phi) is 3.18. The van der Waals surface area contributed by atoms with Crippen molar-refractivity contribution in [2.24, 2.45) is 0 Å². The minimum Gasteiger partial charge on any atom is -0.0622 e. The minimum atomic E-state index is 0.410. The van der Waals surface area contributed by atoms with Gasteiger partial charge in [-0.25, -0.2) is 0 Å². The van der Waals surface area contributed by atoms with E-state index in [1.54, 1.807) is 0 Å². The molecular formula is C15H15. The van der Waals surface area contributed by atoms with Crippen molar-refractivity contribution < 1.29 is 0 Å². The van der Waals surface area contributed by atoms with E-state index < -0.39 is 0 Å². The van der Waals surface area contributed by atoms with Gasteiger partial charge in [0.05, 0.1) is 0 Å². The Morgan fingerprint density at radius 2 is 1.13 bits per heavy atom. The summed E-state index contributed by atoms with van der Waals surface area (Å²) in [5, 5.41) is 0. The van der Waals surface area contributed by atoms with Crippen molar-refractivity contribution in [3.8, 4) is 0 Å². The van der Waals surface area contributed by atoms with E-state index in [4.69, 9.17) is 0 Å². The Balaban J connectivity index is 2.34. The molecule has 0 aliphatic rings. The highest BCUT2D eigenvalue weighted by Gasteiger charge is 2.10. The Morgan fingerprint density at radius 3 is 1.47 bits per heavy atom. The highest BCUT2D eigenvalue weighted by atomic mass is 14.1. The second kappa shape index (κ2) is 4.79. The van der Waals surface area contributed by atoms with E-state index >= 15 is 0 Å². The van der Waals surface area contributed by atoms with Crippen molar-refractivity contribution in [2.45, 2.75) is 12.8 Å². The van der Waals surface area contributed by atoms with Crippen LogP contribution in [0.15, 0.2) is 60.7 Å². The van der Waals surface area contributed by atoms with Gasteiger partial charge in [0.2, 0.25) is 0 Å². The van der Waals surface area contributed by atoms with Gasteiger partial charge in [-0.05, 0) is 17.5 Å². The molecule has 1 radical (unpaired) electrons. The van der Waals surface area contributed by atoms with Gasteiger partial charge in [0, 0.05) is 5.92 Å². The second-order valence-electron chi connectivity index (χ2n) is 3.63. The predicted octanol–water partition coefficient (Wildman–Crippen LogP) is 4.04. The van der Waals surface area contributed by atoms with Crippen LogP contribution in [0.25, 0.3) is 0 Å². The van der Waals surface area contributed by atoms with Crippen LogP contribution in [0.3, 0.4) is 0 Å². The smallest absolute Gasteiger partial charge is 0.0118 e. The summed E-state index contributed by atoms with van der Waals surface area (Å²) in [5.74, 6) is 0.410. The number of hydrogen-bond donors (Lipinski definition) is 0. The third-order valence-electron chi connectivity index (χ3n) is 2.65. The quantitative estimate of drug-likeness (QED) is 0.693. The first-order chi connectivity index (χ1) is 7.42. The monoisotopic (exact) mass is 195 g/mol. The molecule has 2 aromatic carbocycles. The van der Waals surface area contributed by atoms with E-state index in [2.05, 4.69) is 74.0 Å². The maximum Gasteiger partial charge on any atom is 0.0118 e. The van der Waals surface area contributed by atoms with Crippen LogP contribution in [0, 0.1) is 6.42 Å². The average Bonchev–Trinajstić information content (AvgIpc) is 2.33. The third-order valence-corrected chi connectivity index (χ3v) is 2.65. The lowest BCUT2D eigenvalue weighted by Gasteiger charge is -2.15. The summed E-state index contributed by atoms with van der Waals surface area (Å²) < 4.78 is 0. The fourth-order valence-corrected chi connectivity index (χ4v) is 1.90. The second-order valence-corrected chi connectivity index (χ2v) is 3.63. The highest BCUT2D eigenvalue weighted by molar-refractivity contribution is 5.34. The van der Waals surface area contributed by atoms with Crippen molar-refractivity contribution in [3.63, 3.8) is 0 Å².